The number of rotatable bonds is 14. The van der Waals surface area contributed by atoms with E-state index in [1.807, 2.05) is 0 Å². The zero-order valence-corrected chi connectivity index (χ0v) is 13.2. The van der Waals surface area contributed by atoms with Gasteiger partial charge in [-0.05, 0) is 12.8 Å². The molecule has 0 aromatic carbocycles. The molecule has 0 bridgehead atoms. The molecule has 0 aromatic rings. The first-order chi connectivity index (χ1) is 8.91. The van der Waals surface area contributed by atoms with Gasteiger partial charge in [-0.1, -0.05) is 51.5 Å². The Labute approximate surface area is 132 Å². The zero-order chi connectivity index (χ0) is 13.3. The zero-order valence-electron chi connectivity index (χ0n) is 13.2. The van der Waals surface area contributed by atoms with E-state index < -0.39 is 0 Å². The van der Waals surface area contributed by atoms with Gasteiger partial charge in [0, 0.05) is 6.61 Å². The molecule has 2 nitrogen and oxygen atoms in total. The molecule has 0 spiro atoms. The van der Waals surface area contributed by atoms with E-state index in [4.69, 9.17) is 9.47 Å². The van der Waals surface area contributed by atoms with Crippen molar-refractivity contribution in [1.82, 2.24) is 0 Å². The Morgan fingerprint density at radius 3 is 2.16 bits per heavy atom. The molecule has 0 aliphatic rings. The standard InChI is InChI=1S/C16H31O2.Li/c1-3-5-7-9-10-11-13-15-18-16-17-14-12-8-6-4-2;/h6,8H,2-5,7,9-16H2,1H3;/q-1;+1. The number of hydrogen-bond acceptors (Lipinski definition) is 2. The maximum atomic E-state index is 5.41. The van der Waals surface area contributed by atoms with Gasteiger partial charge >= 0.3 is 18.9 Å². The number of ether oxygens (including phenoxy) is 2. The van der Waals surface area contributed by atoms with E-state index in [9.17, 15) is 0 Å². The van der Waals surface area contributed by atoms with Gasteiger partial charge in [-0.2, -0.15) is 6.42 Å². The minimum atomic E-state index is 0. The van der Waals surface area contributed by atoms with Crippen LogP contribution in [0.5, 0.6) is 0 Å². The van der Waals surface area contributed by atoms with Crippen molar-refractivity contribution < 1.29 is 28.3 Å². The van der Waals surface area contributed by atoms with Crippen molar-refractivity contribution in [3.05, 3.63) is 19.1 Å². The fraction of sp³-hybridized carbons (Fsp3) is 0.812. The van der Waals surface area contributed by atoms with E-state index >= 15 is 0 Å². The van der Waals surface area contributed by atoms with E-state index in [2.05, 4.69) is 26.0 Å². The normalized spacial score (nSPS) is 10.8. The van der Waals surface area contributed by atoms with Gasteiger partial charge in [-0.15, -0.1) is 6.08 Å². The van der Waals surface area contributed by atoms with E-state index in [0.717, 1.165) is 32.5 Å². The predicted molar refractivity (Wildman–Crippen MR) is 78.5 cm³/mol. The molecule has 0 amide bonds. The van der Waals surface area contributed by atoms with Gasteiger partial charge in [0.25, 0.3) is 0 Å². The summed E-state index contributed by atoms with van der Waals surface area (Å²) < 4.78 is 10.8. The molecule has 0 aromatic heterocycles. The Hall–Kier alpha value is 0.257. The average molecular weight is 262 g/mol. The minimum Gasteiger partial charge on any atom is -0.355 e. The van der Waals surface area contributed by atoms with Crippen molar-refractivity contribution >= 4 is 0 Å². The third-order valence-electron chi connectivity index (χ3n) is 2.82. The van der Waals surface area contributed by atoms with Gasteiger partial charge in [-0.25, -0.2) is 0 Å². The van der Waals surface area contributed by atoms with Crippen LogP contribution < -0.4 is 18.9 Å². The van der Waals surface area contributed by atoms with Gasteiger partial charge < -0.3 is 16.4 Å². The molecule has 108 valence electrons. The van der Waals surface area contributed by atoms with E-state index in [1.54, 1.807) is 0 Å². The second kappa shape index (κ2) is 20.6. The summed E-state index contributed by atoms with van der Waals surface area (Å²) in [6, 6.07) is 0. The summed E-state index contributed by atoms with van der Waals surface area (Å²) in [5, 5.41) is 0. The third-order valence-corrected chi connectivity index (χ3v) is 2.82. The van der Waals surface area contributed by atoms with Crippen molar-refractivity contribution in [2.45, 2.75) is 64.7 Å². The first-order valence-corrected chi connectivity index (χ1v) is 7.51. The molecule has 0 radical (unpaired) electrons. The van der Waals surface area contributed by atoms with Crippen LogP contribution in [0.3, 0.4) is 0 Å². The summed E-state index contributed by atoms with van der Waals surface area (Å²) >= 11 is 0. The molecule has 0 saturated carbocycles. The molecule has 0 aliphatic carbocycles. The Morgan fingerprint density at radius 1 is 0.842 bits per heavy atom. The fourth-order valence-corrected chi connectivity index (χ4v) is 1.73. The number of unbranched alkanes of at least 4 members (excludes halogenated alkanes) is 6. The molecule has 19 heavy (non-hydrogen) atoms. The SMILES string of the molecule is [CH2-]CC=CCCOCOCCCCCCCCC.[Li+]. The Kier molecular flexibility index (Phi) is 23.3. The molecule has 0 atom stereocenters. The average Bonchev–Trinajstić information content (AvgIpc) is 2.39. The third kappa shape index (κ3) is 20.7. The van der Waals surface area contributed by atoms with Crippen LogP contribution in [-0.4, -0.2) is 20.0 Å². The van der Waals surface area contributed by atoms with Crippen molar-refractivity contribution in [1.29, 1.82) is 0 Å². The van der Waals surface area contributed by atoms with Gasteiger partial charge in [-0.3, -0.25) is 0 Å². The van der Waals surface area contributed by atoms with E-state index in [-0.39, 0.29) is 18.9 Å². The predicted octanol–water partition coefficient (Wildman–Crippen LogP) is 1.90. The molecule has 0 fully saturated rings. The molecule has 0 heterocycles. The van der Waals surface area contributed by atoms with Crippen LogP contribution >= 0.6 is 0 Å². The first kappa shape index (κ1) is 21.6. The Balaban J connectivity index is 0. The first-order valence-electron chi connectivity index (χ1n) is 7.51. The molecular weight excluding hydrogens is 231 g/mol. The summed E-state index contributed by atoms with van der Waals surface area (Å²) in [6.07, 6.45) is 15.2. The van der Waals surface area contributed by atoms with Crippen LogP contribution in [0.25, 0.3) is 0 Å². The van der Waals surface area contributed by atoms with Gasteiger partial charge in [0.2, 0.25) is 0 Å². The molecule has 0 N–H and O–H groups in total. The summed E-state index contributed by atoms with van der Waals surface area (Å²) in [4.78, 5) is 0. The number of hydrogen-bond donors (Lipinski definition) is 0. The molecule has 0 aliphatic heterocycles. The van der Waals surface area contributed by atoms with Crippen LogP contribution in [-0.2, 0) is 9.47 Å². The van der Waals surface area contributed by atoms with Crippen LogP contribution in [0.15, 0.2) is 12.2 Å². The largest absolute Gasteiger partial charge is 1.00 e. The molecule has 0 rings (SSSR count). The summed E-state index contributed by atoms with van der Waals surface area (Å²) in [5.41, 5.74) is 0. The van der Waals surface area contributed by atoms with Crippen molar-refractivity contribution in [3.8, 4) is 0 Å². The summed E-state index contributed by atoms with van der Waals surface area (Å²) in [5.74, 6) is 0. The van der Waals surface area contributed by atoms with Crippen molar-refractivity contribution in [3.63, 3.8) is 0 Å². The van der Waals surface area contributed by atoms with Crippen molar-refractivity contribution in [2.24, 2.45) is 0 Å². The Bertz CT molecular complexity index is 172. The molecule has 0 unspecified atom stereocenters. The quantitative estimate of drug-likeness (QED) is 0.156. The maximum Gasteiger partial charge on any atom is 1.00 e. The van der Waals surface area contributed by atoms with Crippen LogP contribution in [0.1, 0.15) is 64.7 Å². The van der Waals surface area contributed by atoms with Crippen LogP contribution in [0.2, 0.25) is 0 Å². The second-order valence-electron chi connectivity index (χ2n) is 4.60. The smallest absolute Gasteiger partial charge is 0.355 e. The fourth-order valence-electron chi connectivity index (χ4n) is 1.73. The van der Waals surface area contributed by atoms with Crippen LogP contribution in [0, 0.1) is 6.92 Å². The summed E-state index contributed by atoms with van der Waals surface area (Å²) in [6.45, 7) is 8.00. The number of allylic oxidation sites excluding steroid dienone is 1. The Morgan fingerprint density at radius 2 is 1.47 bits per heavy atom. The second-order valence-corrected chi connectivity index (χ2v) is 4.60. The summed E-state index contributed by atoms with van der Waals surface area (Å²) in [7, 11) is 0. The van der Waals surface area contributed by atoms with Crippen molar-refractivity contribution in [2.75, 3.05) is 20.0 Å². The van der Waals surface area contributed by atoms with Gasteiger partial charge in [0.05, 0.1) is 6.61 Å². The maximum absolute atomic E-state index is 5.41. The molecule has 0 saturated heterocycles. The van der Waals surface area contributed by atoms with Crippen LogP contribution in [0.4, 0.5) is 0 Å². The minimum absolute atomic E-state index is 0. The topological polar surface area (TPSA) is 18.5 Å². The van der Waals surface area contributed by atoms with Gasteiger partial charge in [0.15, 0.2) is 0 Å². The monoisotopic (exact) mass is 262 g/mol. The van der Waals surface area contributed by atoms with Gasteiger partial charge in [0.1, 0.15) is 6.79 Å². The molecule has 3 heteroatoms. The van der Waals surface area contributed by atoms with E-state index in [1.165, 1.54) is 38.5 Å². The molecular formula is C16H31LiO2. The van der Waals surface area contributed by atoms with E-state index in [0.29, 0.717) is 6.79 Å².